The topological polar surface area (TPSA) is 33.1 Å². The summed E-state index contributed by atoms with van der Waals surface area (Å²) >= 11 is 0. The molecule has 0 amide bonds. The molecule has 1 aliphatic rings. The molecule has 0 aliphatic heterocycles. The fourth-order valence-corrected chi connectivity index (χ4v) is 3.51. The maximum atomic E-state index is 11.0. The van der Waals surface area contributed by atoms with Crippen molar-refractivity contribution in [1.82, 2.24) is 4.98 Å². The normalized spacial score (nSPS) is 19.1. The van der Waals surface area contributed by atoms with Gasteiger partial charge in [0.1, 0.15) is 0 Å². The second-order valence-corrected chi connectivity index (χ2v) is 6.03. The van der Waals surface area contributed by atoms with Crippen LogP contribution in [0.25, 0.3) is 0 Å². The molecule has 1 heterocycles. The number of aliphatic hydroxyl groups excluding tert-OH is 1. The van der Waals surface area contributed by atoms with Gasteiger partial charge in [-0.1, -0.05) is 55.7 Å². The predicted molar refractivity (Wildman–Crippen MR) is 85.1 cm³/mol. The highest BCUT2D eigenvalue weighted by atomic mass is 16.3. The van der Waals surface area contributed by atoms with Crippen LogP contribution in [0.3, 0.4) is 0 Å². The van der Waals surface area contributed by atoms with Gasteiger partial charge < -0.3 is 5.11 Å². The van der Waals surface area contributed by atoms with Crippen molar-refractivity contribution in [2.24, 2.45) is 5.92 Å². The Morgan fingerprint density at radius 2 is 1.62 bits per heavy atom. The second-order valence-electron chi connectivity index (χ2n) is 6.03. The van der Waals surface area contributed by atoms with Crippen molar-refractivity contribution in [2.45, 2.75) is 44.1 Å². The third-order valence-electron chi connectivity index (χ3n) is 4.64. The molecule has 0 radical (unpaired) electrons. The molecule has 1 saturated carbocycles. The molecule has 1 aliphatic carbocycles. The van der Waals surface area contributed by atoms with E-state index in [1.807, 2.05) is 42.6 Å². The number of aliphatic hydroxyl groups is 1. The Labute approximate surface area is 126 Å². The highest BCUT2D eigenvalue weighted by Gasteiger charge is 2.31. The zero-order valence-electron chi connectivity index (χ0n) is 12.4. The second kappa shape index (κ2) is 6.86. The first-order valence-electron chi connectivity index (χ1n) is 8.00. The molecule has 1 aromatic carbocycles. The first kappa shape index (κ1) is 14.3. The predicted octanol–water partition coefficient (Wildman–Crippen LogP) is 4.15. The molecule has 1 fully saturated rings. The van der Waals surface area contributed by atoms with Crippen LogP contribution in [-0.2, 0) is 0 Å². The Bertz CT molecular complexity index is 495. The fraction of sp³-hybridized carbons (Fsp3) is 0.421. The van der Waals surface area contributed by atoms with Crippen LogP contribution in [0.2, 0.25) is 0 Å². The number of nitrogens with zero attached hydrogens (tertiary/aromatic N) is 1. The summed E-state index contributed by atoms with van der Waals surface area (Å²) in [5, 5.41) is 11.0. The highest BCUT2D eigenvalue weighted by Crippen LogP contribution is 2.36. The molecule has 2 heteroatoms. The lowest BCUT2D eigenvalue weighted by atomic mass is 9.77. The van der Waals surface area contributed by atoms with Crippen LogP contribution in [0.4, 0.5) is 0 Å². The third kappa shape index (κ3) is 3.33. The van der Waals surface area contributed by atoms with Gasteiger partial charge in [-0.15, -0.1) is 0 Å². The van der Waals surface area contributed by atoms with E-state index in [-0.39, 0.29) is 12.0 Å². The van der Waals surface area contributed by atoms with E-state index in [1.165, 1.54) is 19.3 Å². The summed E-state index contributed by atoms with van der Waals surface area (Å²) in [5.41, 5.74) is 2.14. The van der Waals surface area contributed by atoms with E-state index in [0.717, 1.165) is 24.1 Å². The molecule has 2 nitrogen and oxygen atoms in total. The van der Waals surface area contributed by atoms with Gasteiger partial charge in [0.15, 0.2) is 0 Å². The molecule has 0 saturated heterocycles. The molecule has 21 heavy (non-hydrogen) atoms. The van der Waals surface area contributed by atoms with E-state index in [1.54, 1.807) is 0 Å². The van der Waals surface area contributed by atoms with Gasteiger partial charge in [-0.25, -0.2) is 0 Å². The summed E-state index contributed by atoms with van der Waals surface area (Å²) in [5.74, 6) is 0.376. The van der Waals surface area contributed by atoms with E-state index < -0.39 is 0 Å². The summed E-state index contributed by atoms with van der Waals surface area (Å²) in [6.45, 7) is 0. The third-order valence-corrected chi connectivity index (χ3v) is 4.64. The monoisotopic (exact) mass is 281 g/mol. The Morgan fingerprint density at radius 1 is 0.905 bits per heavy atom. The average Bonchev–Trinajstić information content (AvgIpc) is 2.58. The van der Waals surface area contributed by atoms with Crippen LogP contribution in [0, 0.1) is 5.92 Å². The SMILES string of the molecule is O[C@@H](C1CCCCC1)[C@H](c1ccccc1)c1ccccn1. The van der Waals surface area contributed by atoms with Gasteiger partial charge in [0, 0.05) is 6.20 Å². The van der Waals surface area contributed by atoms with Gasteiger partial charge in [-0.05, 0) is 36.5 Å². The first-order chi connectivity index (χ1) is 10.4. The van der Waals surface area contributed by atoms with Crippen molar-refractivity contribution in [2.75, 3.05) is 0 Å². The van der Waals surface area contributed by atoms with E-state index in [0.29, 0.717) is 5.92 Å². The first-order valence-corrected chi connectivity index (χ1v) is 8.00. The molecule has 0 unspecified atom stereocenters. The molecule has 0 bridgehead atoms. The minimum atomic E-state index is -0.345. The van der Waals surface area contributed by atoms with Crippen LogP contribution in [-0.4, -0.2) is 16.2 Å². The summed E-state index contributed by atoms with van der Waals surface area (Å²) < 4.78 is 0. The smallest absolute Gasteiger partial charge is 0.0692 e. The number of benzene rings is 1. The maximum Gasteiger partial charge on any atom is 0.0692 e. The van der Waals surface area contributed by atoms with Crippen LogP contribution >= 0.6 is 0 Å². The molecule has 110 valence electrons. The maximum absolute atomic E-state index is 11.0. The minimum Gasteiger partial charge on any atom is -0.392 e. The Morgan fingerprint density at radius 3 is 2.29 bits per heavy atom. The van der Waals surface area contributed by atoms with Crippen LogP contribution in [0.5, 0.6) is 0 Å². The molecule has 3 rings (SSSR count). The van der Waals surface area contributed by atoms with Gasteiger partial charge in [-0.3, -0.25) is 4.98 Å². The van der Waals surface area contributed by atoms with Crippen LogP contribution in [0.15, 0.2) is 54.7 Å². The van der Waals surface area contributed by atoms with Gasteiger partial charge in [0.2, 0.25) is 0 Å². The number of hydrogen-bond donors (Lipinski definition) is 1. The summed E-state index contributed by atoms with van der Waals surface area (Å²) in [4.78, 5) is 4.51. The quantitative estimate of drug-likeness (QED) is 0.913. The van der Waals surface area contributed by atoms with Gasteiger partial charge in [-0.2, -0.15) is 0 Å². The van der Waals surface area contributed by atoms with Gasteiger partial charge in [0.25, 0.3) is 0 Å². The highest BCUT2D eigenvalue weighted by molar-refractivity contribution is 5.30. The van der Waals surface area contributed by atoms with Crippen molar-refractivity contribution >= 4 is 0 Å². The van der Waals surface area contributed by atoms with Crippen molar-refractivity contribution in [3.05, 3.63) is 66.0 Å². The molecular weight excluding hydrogens is 258 g/mol. The molecular formula is C19H23NO. The van der Waals surface area contributed by atoms with E-state index in [2.05, 4.69) is 17.1 Å². The average molecular weight is 281 g/mol. The van der Waals surface area contributed by atoms with E-state index in [9.17, 15) is 5.11 Å². The molecule has 1 aromatic heterocycles. The van der Waals surface area contributed by atoms with Crippen molar-refractivity contribution in [3.63, 3.8) is 0 Å². The molecule has 2 aromatic rings. The molecule has 0 spiro atoms. The standard InChI is InChI=1S/C19H23NO/c21-19(16-11-5-2-6-12-16)18(15-9-3-1-4-10-15)17-13-7-8-14-20-17/h1,3-4,7-10,13-14,16,18-19,21H,2,5-6,11-12H2/t18-,19+/m1/s1. The van der Waals surface area contributed by atoms with E-state index >= 15 is 0 Å². The summed E-state index contributed by atoms with van der Waals surface area (Å²) in [6, 6.07) is 16.3. The zero-order chi connectivity index (χ0) is 14.5. The zero-order valence-corrected chi connectivity index (χ0v) is 12.4. The number of aromatic nitrogens is 1. The summed E-state index contributed by atoms with van der Waals surface area (Å²) in [7, 11) is 0. The molecule has 2 atom stereocenters. The van der Waals surface area contributed by atoms with E-state index in [4.69, 9.17) is 0 Å². The number of rotatable bonds is 4. The van der Waals surface area contributed by atoms with Crippen molar-refractivity contribution < 1.29 is 5.11 Å². The lowest BCUT2D eigenvalue weighted by molar-refractivity contribution is 0.0696. The minimum absolute atomic E-state index is 0.0181. The Kier molecular flexibility index (Phi) is 4.66. The fourth-order valence-electron chi connectivity index (χ4n) is 3.51. The lowest BCUT2D eigenvalue weighted by Crippen LogP contribution is -2.30. The Balaban J connectivity index is 1.92. The van der Waals surface area contributed by atoms with Gasteiger partial charge >= 0.3 is 0 Å². The van der Waals surface area contributed by atoms with Gasteiger partial charge in [0.05, 0.1) is 17.7 Å². The van der Waals surface area contributed by atoms with Crippen molar-refractivity contribution in [1.29, 1.82) is 0 Å². The Hall–Kier alpha value is -1.67. The van der Waals surface area contributed by atoms with Crippen molar-refractivity contribution in [3.8, 4) is 0 Å². The number of pyridine rings is 1. The molecule has 1 N–H and O–H groups in total. The number of hydrogen-bond acceptors (Lipinski definition) is 2. The lowest BCUT2D eigenvalue weighted by Gasteiger charge is -2.32. The summed E-state index contributed by atoms with van der Waals surface area (Å²) in [6.07, 6.45) is 7.54. The largest absolute Gasteiger partial charge is 0.392 e. The van der Waals surface area contributed by atoms with Crippen LogP contribution < -0.4 is 0 Å². The van der Waals surface area contributed by atoms with Crippen LogP contribution in [0.1, 0.15) is 49.3 Å².